The van der Waals surface area contributed by atoms with Gasteiger partial charge in [-0.25, -0.2) is 0 Å². The summed E-state index contributed by atoms with van der Waals surface area (Å²) in [6.45, 7) is 2.32. The van der Waals surface area contributed by atoms with E-state index in [2.05, 4.69) is 36.5 Å². The smallest absolute Gasteiger partial charge is 0.0584 e. The van der Waals surface area contributed by atoms with Crippen LogP contribution in [0.2, 0.25) is 0 Å². The molecule has 82 valence electrons. The van der Waals surface area contributed by atoms with E-state index in [0.717, 1.165) is 12.2 Å². The quantitative estimate of drug-likeness (QED) is 0.820. The van der Waals surface area contributed by atoms with Crippen LogP contribution in [-0.4, -0.2) is 23.5 Å². The van der Waals surface area contributed by atoms with Gasteiger partial charge in [0.2, 0.25) is 0 Å². The van der Waals surface area contributed by atoms with E-state index < -0.39 is 0 Å². The van der Waals surface area contributed by atoms with E-state index in [1.807, 2.05) is 11.8 Å². The Bertz CT molecular complexity index is 325. The third-order valence-electron chi connectivity index (χ3n) is 2.85. The molecule has 1 heterocycles. The fourth-order valence-corrected chi connectivity index (χ4v) is 3.06. The van der Waals surface area contributed by atoms with Crippen molar-refractivity contribution >= 4 is 11.8 Å². The summed E-state index contributed by atoms with van der Waals surface area (Å²) in [5.74, 6) is 1.08. The largest absolute Gasteiger partial charge is 0.395 e. The van der Waals surface area contributed by atoms with E-state index in [0.29, 0.717) is 6.04 Å². The number of hydrogen-bond acceptors (Lipinski definition) is 3. The topological polar surface area (TPSA) is 32.3 Å². The summed E-state index contributed by atoms with van der Waals surface area (Å²) in [6, 6.07) is 9.14. The van der Waals surface area contributed by atoms with Crippen LogP contribution in [0.3, 0.4) is 0 Å². The summed E-state index contributed by atoms with van der Waals surface area (Å²) < 4.78 is 0. The van der Waals surface area contributed by atoms with Gasteiger partial charge in [-0.1, -0.05) is 25.1 Å². The molecule has 1 unspecified atom stereocenters. The van der Waals surface area contributed by atoms with Crippen molar-refractivity contribution in [3.05, 3.63) is 29.8 Å². The summed E-state index contributed by atoms with van der Waals surface area (Å²) >= 11 is 1.89. The van der Waals surface area contributed by atoms with Crippen LogP contribution in [0.25, 0.3) is 0 Å². The summed E-state index contributed by atoms with van der Waals surface area (Å²) in [4.78, 5) is 1.38. The molecule has 0 bridgehead atoms. The zero-order chi connectivity index (χ0) is 10.7. The molecule has 2 N–H and O–H groups in total. The molecular formula is C12H17NOS. The van der Waals surface area contributed by atoms with Crippen LogP contribution in [0.1, 0.15) is 24.9 Å². The Kier molecular flexibility index (Phi) is 3.67. The van der Waals surface area contributed by atoms with Crippen LogP contribution in [-0.2, 0) is 0 Å². The highest BCUT2D eigenvalue weighted by molar-refractivity contribution is 7.99. The number of benzene rings is 1. The first kappa shape index (κ1) is 11.0. The average Bonchev–Trinajstić information content (AvgIpc) is 2.69. The first-order valence-corrected chi connectivity index (χ1v) is 6.42. The van der Waals surface area contributed by atoms with Gasteiger partial charge in [0, 0.05) is 22.7 Å². The molecule has 0 aromatic heterocycles. The predicted molar refractivity (Wildman–Crippen MR) is 64.2 cm³/mol. The number of aliphatic hydroxyl groups is 1. The highest BCUT2D eigenvalue weighted by atomic mass is 32.2. The molecule has 0 radical (unpaired) electrons. The van der Waals surface area contributed by atoms with Crippen molar-refractivity contribution in [2.75, 3.05) is 12.4 Å². The molecule has 1 aliphatic rings. The van der Waals surface area contributed by atoms with E-state index in [-0.39, 0.29) is 12.6 Å². The number of thioether (sulfide) groups is 1. The van der Waals surface area contributed by atoms with Crippen LogP contribution in [0.5, 0.6) is 0 Å². The molecular weight excluding hydrogens is 206 g/mol. The summed E-state index contributed by atoms with van der Waals surface area (Å²) in [7, 11) is 0. The lowest BCUT2D eigenvalue weighted by molar-refractivity contribution is 0.231. The number of fused-ring (bicyclic) bond motifs is 1. The first-order chi connectivity index (χ1) is 7.35. The lowest BCUT2D eigenvalue weighted by Gasteiger charge is -2.20. The first-order valence-electron chi connectivity index (χ1n) is 5.43. The Morgan fingerprint density at radius 1 is 1.53 bits per heavy atom. The van der Waals surface area contributed by atoms with Crippen molar-refractivity contribution in [2.45, 2.75) is 30.3 Å². The standard InChI is InChI=1S/C12H17NOS/c1-2-9(7-14)13-11-8-15-12-6-4-3-5-10(11)12/h3-6,9,11,13-14H,2,7-8H2,1H3/t9-,11?/m1/s1. The van der Waals surface area contributed by atoms with Gasteiger partial charge in [0.1, 0.15) is 0 Å². The van der Waals surface area contributed by atoms with E-state index in [1.54, 1.807) is 0 Å². The van der Waals surface area contributed by atoms with E-state index in [9.17, 15) is 0 Å². The molecule has 0 fully saturated rings. The Hall–Kier alpha value is -0.510. The Balaban J connectivity index is 2.07. The average molecular weight is 223 g/mol. The zero-order valence-electron chi connectivity index (χ0n) is 8.94. The second-order valence-corrected chi connectivity index (χ2v) is 4.92. The van der Waals surface area contributed by atoms with Crippen LogP contribution in [0.4, 0.5) is 0 Å². The molecule has 2 nitrogen and oxygen atoms in total. The molecule has 1 aromatic rings. The van der Waals surface area contributed by atoms with Crippen molar-refractivity contribution in [3.63, 3.8) is 0 Å². The van der Waals surface area contributed by atoms with E-state index in [1.165, 1.54) is 10.5 Å². The van der Waals surface area contributed by atoms with Crippen LogP contribution < -0.4 is 5.32 Å². The van der Waals surface area contributed by atoms with Crippen molar-refractivity contribution in [1.82, 2.24) is 5.32 Å². The van der Waals surface area contributed by atoms with E-state index >= 15 is 0 Å². The lowest BCUT2D eigenvalue weighted by atomic mass is 10.1. The van der Waals surface area contributed by atoms with Gasteiger partial charge in [-0.2, -0.15) is 0 Å². The molecule has 2 rings (SSSR count). The molecule has 1 aromatic carbocycles. The zero-order valence-corrected chi connectivity index (χ0v) is 9.76. The minimum absolute atomic E-state index is 0.222. The third kappa shape index (κ3) is 2.36. The molecule has 0 saturated carbocycles. The fraction of sp³-hybridized carbons (Fsp3) is 0.500. The minimum Gasteiger partial charge on any atom is -0.395 e. The van der Waals surface area contributed by atoms with Gasteiger partial charge < -0.3 is 10.4 Å². The normalized spacial score (nSPS) is 21.3. The van der Waals surface area contributed by atoms with Crippen molar-refractivity contribution in [1.29, 1.82) is 0 Å². The maximum absolute atomic E-state index is 9.17. The number of hydrogen-bond donors (Lipinski definition) is 2. The molecule has 0 aliphatic carbocycles. The van der Waals surface area contributed by atoms with Gasteiger partial charge in [-0.15, -0.1) is 11.8 Å². The van der Waals surface area contributed by atoms with Gasteiger partial charge >= 0.3 is 0 Å². The SMILES string of the molecule is CC[C@H](CO)NC1CSc2ccccc21. The Morgan fingerprint density at radius 2 is 2.33 bits per heavy atom. The van der Waals surface area contributed by atoms with Crippen LogP contribution in [0.15, 0.2) is 29.2 Å². The second-order valence-electron chi connectivity index (χ2n) is 3.86. The maximum atomic E-state index is 9.17. The van der Waals surface area contributed by atoms with E-state index in [4.69, 9.17) is 5.11 Å². The highest BCUT2D eigenvalue weighted by Gasteiger charge is 2.23. The molecule has 2 atom stereocenters. The van der Waals surface area contributed by atoms with Gasteiger partial charge in [0.25, 0.3) is 0 Å². The van der Waals surface area contributed by atoms with Crippen LogP contribution in [0, 0.1) is 0 Å². The molecule has 3 heteroatoms. The lowest BCUT2D eigenvalue weighted by Crippen LogP contribution is -2.35. The molecule has 0 amide bonds. The summed E-state index contributed by atoms with van der Waals surface area (Å²) in [5, 5.41) is 12.7. The summed E-state index contributed by atoms with van der Waals surface area (Å²) in [5.41, 5.74) is 1.38. The number of aliphatic hydroxyl groups excluding tert-OH is 1. The van der Waals surface area contributed by atoms with Crippen molar-refractivity contribution < 1.29 is 5.11 Å². The number of nitrogens with one attached hydrogen (secondary N) is 1. The molecule has 1 aliphatic heterocycles. The van der Waals surface area contributed by atoms with Gasteiger partial charge in [0.05, 0.1) is 6.61 Å². The fourth-order valence-electron chi connectivity index (χ4n) is 1.88. The monoisotopic (exact) mass is 223 g/mol. The van der Waals surface area contributed by atoms with Crippen molar-refractivity contribution in [2.24, 2.45) is 0 Å². The second kappa shape index (κ2) is 5.01. The van der Waals surface area contributed by atoms with Gasteiger partial charge in [-0.3, -0.25) is 0 Å². The Morgan fingerprint density at radius 3 is 3.07 bits per heavy atom. The summed E-state index contributed by atoms with van der Waals surface area (Å²) in [6.07, 6.45) is 0.972. The molecule has 0 spiro atoms. The maximum Gasteiger partial charge on any atom is 0.0584 e. The number of rotatable bonds is 4. The minimum atomic E-state index is 0.222. The third-order valence-corrected chi connectivity index (χ3v) is 4.03. The van der Waals surface area contributed by atoms with Crippen LogP contribution >= 0.6 is 11.8 Å². The van der Waals surface area contributed by atoms with Gasteiger partial charge in [0.15, 0.2) is 0 Å². The van der Waals surface area contributed by atoms with Crippen molar-refractivity contribution in [3.8, 4) is 0 Å². The molecule has 0 saturated heterocycles. The predicted octanol–water partition coefficient (Wildman–Crippen LogP) is 2.19. The van der Waals surface area contributed by atoms with Gasteiger partial charge in [-0.05, 0) is 18.1 Å². The highest BCUT2D eigenvalue weighted by Crippen LogP contribution is 2.37. The molecule has 15 heavy (non-hydrogen) atoms. The Labute approximate surface area is 95.1 Å².